The third-order valence-corrected chi connectivity index (χ3v) is 8.96. The lowest BCUT2D eigenvalue weighted by Crippen LogP contribution is -2.65. The predicted octanol–water partition coefficient (Wildman–Crippen LogP) is 1.45. The highest BCUT2D eigenvalue weighted by Gasteiger charge is 2.64. The van der Waals surface area contributed by atoms with Gasteiger partial charge in [-0.25, -0.2) is 8.78 Å². The molecule has 5 rings (SSSR count). The van der Waals surface area contributed by atoms with Crippen molar-refractivity contribution in [1.29, 1.82) is 0 Å². The van der Waals surface area contributed by atoms with Crippen molar-refractivity contribution in [3.05, 3.63) is 39.7 Å². The SMILES string of the molecule is COc1c(CN(CC(F)F)CC2CC2)cc(O)c2c1C[C@H]1C[C@H]3[C@H](N(C)C)C(=O)C(C(N)=O)=C(O)[C@@]3(O)C(=O)C1=C2O. The second kappa shape index (κ2) is 10.6. The predicted molar refractivity (Wildman–Crippen MR) is 145 cm³/mol. The van der Waals surface area contributed by atoms with Crippen molar-refractivity contribution in [3.8, 4) is 11.5 Å². The Morgan fingerprint density at radius 2 is 1.88 bits per heavy atom. The Hall–Kier alpha value is -3.55. The van der Waals surface area contributed by atoms with E-state index in [4.69, 9.17) is 10.5 Å². The Morgan fingerprint density at radius 3 is 2.43 bits per heavy atom. The van der Waals surface area contributed by atoms with Crippen LogP contribution in [-0.4, -0.2) is 100 Å². The van der Waals surface area contributed by atoms with Gasteiger partial charge < -0.3 is 30.9 Å². The Labute approximate surface area is 240 Å². The van der Waals surface area contributed by atoms with Crippen LogP contribution in [0.1, 0.15) is 36.0 Å². The van der Waals surface area contributed by atoms with Gasteiger partial charge >= 0.3 is 0 Å². The van der Waals surface area contributed by atoms with Gasteiger partial charge in [-0.05, 0) is 57.7 Å². The standard InChI is InChI=1S/C29H35F2N3O8/c1-33(2)22-16-7-13-6-15-20(23(36)19(13)26(38)29(16,41)27(39)21(24(22)37)28(32)40)17(35)8-14(25(15)42-3)10-34(11-18(30)31)9-12-4-5-12/h8,12-13,16,18,22,35-36,39,41H,4-7,9-11H2,1-3H3,(H2,32,40)/t13-,16-,22-,29-/m0/s1. The molecule has 0 saturated heterocycles. The molecule has 13 heteroatoms. The maximum Gasteiger partial charge on any atom is 0.255 e. The Morgan fingerprint density at radius 1 is 1.21 bits per heavy atom. The van der Waals surface area contributed by atoms with Crippen LogP contribution in [0, 0.1) is 17.8 Å². The van der Waals surface area contributed by atoms with Crippen LogP contribution in [0.25, 0.3) is 5.76 Å². The minimum absolute atomic E-state index is 0.0383. The van der Waals surface area contributed by atoms with Gasteiger partial charge in [-0.3, -0.25) is 24.2 Å². The number of nitrogens with two attached hydrogens (primary N) is 1. The highest BCUT2D eigenvalue weighted by Crippen LogP contribution is 2.54. The molecule has 0 bridgehead atoms. The van der Waals surface area contributed by atoms with Crippen LogP contribution in [0.5, 0.6) is 11.5 Å². The average Bonchev–Trinajstić information content (AvgIpc) is 3.69. The maximum atomic E-state index is 13.9. The van der Waals surface area contributed by atoms with E-state index in [-0.39, 0.29) is 36.3 Å². The molecule has 6 N–H and O–H groups in total. The van der Waals surface area contributed by atoms with E-state index in [1.807, 2.05) is 0 Å². The summed E-state index contributed by atoms with van der Waals surface area (Å²) in [6.45, 7) is 0.0522. The van der Waals surface area contributed by atoms with Gasteiger partial charge in [0, 0.05) is 35.7 Å². The maximum absolute atomic E-state index is 13.9. The zero-order valence-corrected chi connectivity index (χ0v) is 23.6. The summed E-state index contributed by atoms with van der Waals surface area (Å²) >= 11 is 0. The minimum Gasteiger partial charge on any atom is -0.508 e. The van der Waals surface area contributed by atoms with Crippen molar-refractivity contribution in [2.24, 2.45) is 23.5 Å². The Kier molecular flexibility index (Phi) is 7.57. The van der Waals surface area contributed by atoms with Gasteiger partial charge in [0.25, 0.3) is 12.3 Å². The summed E-state index contributed by atoms with van der Waals surface area (Å²) in [5, 5.41) is 45.1. The number of halogens is 2. The molecule has 2 fully saturated rings. The third kappa shape index (κ3) is 4.63. The second-order valence-corrected chi connectivity index (χ2v) is 11.9. The number of ether oxygens (including phenoxy) is 1. The van der Waals surface area contributed by atoms with Gasteiger partial charge in [0.2, 0.25) is 5.78 Å². The fourth-order valence-electron chi connectivity index (χ4n) is 7.03. The summed E-state index contributed by atoms with van der Waals surface area (Å²) in [6.07, 6.45) is -0.681. The number of aliphatic hydroxyl groups excluding tert-OH is 2. The molecule has 1 aromatic rings. The number of aromatic hydroxyl groups is 1. The first-order valence-electron chi connectivity index (χ1n) is 13.8. The molecule has 4 atom stereocenters. The molecule has 1 aromatic carbocycles. The number of primary amides is 1. The van der Waals surface area contributed by atoms with E-state index in [9.17, 15) is 43.6 Å². The number of fused-ring (bicyclic) bond motifs is 3. The molecule has 11 nitrogen and oxygen atoms in total. The van der Waals surface area contributed by atoms with Crippen LogP contribution in [0.2, 0.25) is 0 Å². The van der Waals surface area contributed by atoms with Gasteiger partial charge in [0.05, 0.1) is 25.3 Å². The van der Waals surface area contributed by atoms with Gasteiger partial charge in [-0.2, -0.15) is 0 Å². The largest absolute Gasteiger partial charge is 0.508 e. The number of aliphatic hydroxyl groups is 3. The first kappa shape index (κ1) is 29.9. The summed E-state index contributed by atoms with van der Waals surface area (Å²) in [5.41, 5.74) is 2.11. The lowest BCUT2D eigenvalue weighted by atomic mass is 9.57. The van der Waals surface area contributed by atoms with Gasteiger partial charge in [-0.15, -0.1) is 0 Å². The number of likely N-dealkylation sites (N-methyl/N-ethyl adjacent to an activating group) is 1. The van der Waals surface area contributed by atoms with Crippen molar-refractivity contribution >= 4 is 23.2 Å². The van der Waals surface area contributed by atoms with E-state index in [2.05, 4.69) is 0 Å². The zero-order valence-electron chi connectivity index (χ0n) is 23.6. The number of alkyl halides is 2. The molecule has 0 aromatic heterocycles. The number of methoxy groups -OCH3 is 1. The molecular weight excluding hydrogens is 556 g/mol. The Balaban J connectivity index is 1.62. The molecule has 4 aliphatic carbocycles. The van der Waals surface area contributed by atoms with Crippen LogP contribution in [-0.2, 0) is 27.3 Å². The molecular formula is C29H35F2N3O8. The topological polar surface area (TPSA) is 174 Å². The minimum atomic E-state index is -2.73. The molecule has 4 aliphatic rings. The number of Topliss-reactive ketones (excluding diaryl/α,β-unsaturated/α-hetero) is 2. The number of phenols is 1. The number of phenolic OH excluding ortho intramolecular Hbond substituents is 1. The van der Waals surface area contributed by atoms with E-state index in [1.165, 1.54) is 32.2 Å². The highest BCUT2D eigenvalue weighted by molar-refractivity contribution is 6.24. The number of carbonyl (C=O) groups is 3. The highest BCUT2D eigenvalue weighted by atomic mass is 19.3. The molecule has 228 valence electrons. The molecule has 0 spiro atoms. The first-order valence-corrected chi connectivity index (χ1v) is 13.8. The lowest BCUT2D eigenvalue weighted by Gasteiger charge is -2.50. The average molecular weight is 592 g/mol. The number of ketones is 2. The monoisotopic (exact) mass is 591 g/mol. The number of hydrogen-bond acceptors (Lipinski definition) is 10. The normalized spacial score (nSPS) is 27.5. The number of benzene rings is 1. The van der Waals surface area contributed by atoms with Gasteiger partial charge in [0.1, 0.15) is 28.6 Å². The molecule has 0 aliphatic heterocycles. The van der Waals surface area contributed by atoms with Gasteiger partial charge in [-0.1, -0.05) is 0 Å². The molecule has 1 amide bonds. The van der Waals surface area contributed by atoms with E-state index in [0.717, 1.165) is 12.8 Å². The summed E-state index contributed by atoms with van der Waals surface area (Å²) in [6, 6.07) is 0.101. The number of rotatable bonds is 9. The molecule has 0 heterocycles. The summed E-state index contributed by atoms with van der Waals surface area (Å²) < 4.78 is 32.4. The van der Waals surface area contributed by atoms with Crippen molar-refractivity contribution < 1.29 is 48.3 Å². The zero-order chi connectivity index (χ0) is 30.8. The Bertz CT molecular complexity index is 1420. The van der Waals surface area contributed by atoms with Gasteiger partial charge in [0.15, 0.2) is 11.4 Å². The fourth-order valence-corrected chi connectivity index (χ4v) is 7.03. The van der Waals surface area contributed by atoms with Crippen LogP contribution >= 0.6 is 0 Å². The number of amides is 1. The number of carbonyl (C=O) groups excluding carboxylic acids is 3. The van der Waals surface area contributed by atoms with Crippen molar-refractivity contribution in [1.82, 2.24) is 9.80 Å². The van der Waals surface area contributed by atoms with Crippen molar-refractivity contribution in [2.45, 2.75) is 50.3 Å². The summed E-state index contributed by atoms with van der Waals surface area (Å²) in [5.74, 6) is -6.88. The van der Waals surface area contributed by atoms with E-state index in [0.29, 0.717) is 23.6 Å². The van der Waals surface area contributed by atoms with E-state index in [1.54, 1.807) is 4.90 Å². The van der Waals surface area contributed by atoms with E-state index >= 15 is 0 Å². The first-order chi connectivity index (χ1) is 19.7. The van der Waals surface area contributed by atoms with Crippen LogP contribution in [0.15, 0.2) is 23.0 Å². The third-order valence-electron chi connectivity index (χ3n) is 8.96. The van der Waals surface area contributed by atoms with Crippen LogP contribution in [0.3, 0.4) is 0 Å². The van der Waals surface area contributed by atoms with Crippen LogP contribution < -0.4 is 10.5 Å². The molecule has 0 radical (unpaired) electrons. The van der Waals surface area contributed by atoms with Crippen molar-refractivity contribution in [3.63, 3.8) is 0 Å². The van der Waals surface area contributed by atoms with E-state index < -0.39 is 76.8 Å². The molecule has 2 saturated carbocycles. The fraction of sp³-hybridized carbons (Fsp3) is 0.552. The lowest BCUT2D eigenvalue weighted by molar-refractivity contribution is -0.153. The van der Waals surface area contributed by atoms with Crippen molar-refractivity contribution in [2.75, 3.05) is 34.3 Å². The summed E-state index contributed by atoms with van der Waals surface area (Å²) in [4.78, 5) is 42.3. The second-order valence-electron chi connectivity index (χ2n) is 11.9. The number of nitrogens with zero attached hydrogens (tertiary/aromatic N) is 2. The quantitative estimate of drug-likeness (QED) is 0.265. The summed E-state index contributed by atoms with van der Waals surface area (Å²) in [7, 11) is 4.42. The number of hydrogen-bond donors (Lipinski definition) is 5. The van der Waals surface area contributed by atoms with Crippen LogP contribution in [0.4, 0.5) is 8.78 Å². The molecule has 42 heavy (non-hydrogen) atoms. The molecule has 0 unspecified atom stereocenters. The smallest absolute Gasteiger partial charge is 0.255 e.